The van der Waals surface area contributed by atoms with Crippen molar-refractivity contribution in [2.45, 2.75) is 24.9 Å². The van der Waals surface area contributed by atoms with Crippen molar-refractivity contribution in [3.63, 3.8) is 0 Å². The van der Waals surface area contributed by atoms with Crippen LogP contribution in [0.25, 0.3) is 0 Å². The lowest BCUT2D eigenvalue weighted by molar-refractivity contribution is -0.290. The molecule has 0 radical (unpaired) electrons. The minimum atomic E-state index is -5.23. The average molecular weight is 332 g/mol. The molecule has 1 aliphatic rings. The van der Waals surface area contributed by atoms with Crippen LogP contribution in [0.15, 0.2) is 24.3 Å². The van der Waals surface area contributed by atoms with E-state index in [4.69, 9.17) is 4.74 Å². The van der Waals surface area contributed by atoms with Crippen LogP contribution in [-0.2, 0) is 4.79 Å². The third-order valence-corrected chi connectivity index (χ3v) is 3.72. The number of nitrogens with one attached hydrogen (secondary N) is 2. The number of benzene rings is 1. The summed E-state index contributed by atoms with van der Waals surface area (Å²) >= 11 is 0. The molecular weight excluding hydrogens is 317 g/mol. The van der Waals surface area contributed by atoms with E-state index >= 15 is 0 Å². The Labute approximate surface area is 129 Å². The van der Waals surface area contributed by atoms with E-state index in [0.717, 1.165) is 6.92 Å². The van der Waals surface area contributed by atoms with Gasteiger partial charge in [-0.25, -0.2) is 4.79 Å². The first-order chi connectivity index (χ1) is 10.6. The fourth-order valence-electron chi connectivity index (χ4n) is 2.71. The molecule has 6 nitrogen and oxygen atoms in total. The van der Waals surface area contributed by atoms with Crippen LogP contribution in [-0.4, -0.2) is 35.9 Å². The maximum absolute atomic E-state index is 13.3. The van der Waals surface area contributed by atoms with Gasteiger partial charge in [0.1, 0.15) is 11.5 Å². The lowest BCUT2D eigenvalue weighted by Crippen LogP contribution is -2.72. The van der Waals surface area contributed by atoms with Gasteiger partial charge in [0.2, 0.25) is 5.72 Å². The molecule has 3 atom stereocenters. The maximum Gasteiger partial charge on any atom is 0.437 e. The van der Waals surface area contributed by atoms with Crippen molar-refractivity contribution in [2.75, 3.05) is 7.11 Å². The van der Waals surface area contributed by atoms with Gasteiger partial charge in [-0.3, -0.25) is 4.79 Å². The number of hydrogen-bond donors (Lipinski definition) is 3. The van der Waals surface area contributed by atoms with Gasteiger partial charge >= 0.3 is 12.2 Å². The number of rotatable bonds is 3. The molecule has 0 bridgehead atoms. The minimum absolute atomic E-state index is 0.160. The van der Waals surface area contributed by atoms with E-state index < -0.39 is 35.7 Å². The van der Waals surface area contributed by atoms with Gasteiger partial charge in [0.15, 0.2) is 0 Å². The normalized spacial score (nSPS) is 27.8. The SMILES string of the molecule is COc1ccccc1C1NC(=O)NC(O)(C(F)(F)F)C1C(C)=O. The fraction of sp³-hybridized carbons (Fsp3) is 0.429. The average Bonchev–Trinajstić information content (AvgIpc) is 2.44. The summed E-state index contributed by atoms with van der Waals surface area (Å²) in [6, 6.07) is 3.37. The van der Waals surface area contributed by atoms with E-state index in [0.29, 0.717) is 0 Å². The lowest BCUT2D eigenvalue weighted by Gasteiger charge is -2.44. The van der Waals surface area contributed by atoms with Gasteiger partial charge in [-0.2, -0.15) is 13.2 Å². The molecule has 9 heteroatoms. The Morgan fingerprint density at radius 2 is 1.96 bits per heavy atom. The van der Waals surface area contributed by atoms with E-state index in [1.165, 1.54) is 30.6 Å². The van der Waals surface area contributed by atoms with Crippen LogP contribution in [0.2, 0.25) is 0 Å². The van der Waals surface area contributed by atoms with Crippen molar-refractivity contribution >= 4 is 11.8 Å². The van der Waals surface area contributed by atoms with Gasteiger partial charge in [0.05, 0.1) is 19.1 Å². The van der Waals surface area contributed by atoms with E-state index in [2.05, 4.69) is 5.32 Å². The van der Waals surface area contributed by atoms with Crippen LogP contribution in [0.4, 0.5) is 18.0 Å². The number of aliphatic hydroxyl groups is 1. The number of ketones is 1. The topological polar surface area (TPSA) is 87.7 Å². The molecule has 3 N–H and O–H groups in total. The molecule has 0 saturated carbocycles. The molecule has 1 aliphatic heterocycles. The summed E-state index contributed by atoms with van der Waals surface area (Å²) in [7, 11) is 1.31. The second kappa shape index (κ2) is 5.73. The molecule has 1 aromatic rings. The predicted molar refractivity (Wildman–Crippen MR) is 72.6 cm³/mol. The number of amides is 2. The van der Waals surface area contributed by atoms with Crippen molar-refractivity contribution in [3.05, 3.63) is 29.8 Å². The maximum atomic E-state index is 13.3. The number of methoxy groups -OCH3 is 1. The third kappa shape index (κ3) is 2.83. The number of alkyl halides is 3. The molecule has 1 heterocycles. The summed E-state index contributed by atoms with van der Waals surface area (Å²) in [4.78, 5) is 23.5. The summed E-state index contributed by atoms with van der Waals surface area (Å²) < 4.78 is 45.0. The predicted octanol–water partition coefficient (Wildman–Crippen LogP) is 1.51. The molecule has 2 rings (SSSR count). The first-order valence-electron chi connectivity index (χ1n) is 6.63. The molecule has 0 aliphatic carbocycles. The number of hydrogen-bond acceptors (Lipinski definition) is 4. The second-order valence-electron chi connectivity index (χ2n) is 5.17. The van der Waals surface area contributed by atoms with Crippen LogP contribution in [0.3, 0.4) is 0 Å². The standard InChI is InChI=1S/C14H15F3N2O4/c1-7(20)10-11(8-5-3-4-6-9(8)23-2)18-12(21)19-13(10,22)14(15,16)17/h3-6,10-11,22H,1-2H3,(H2,18,19,21). The Kier molecular flexibility index (Phi) is 4.25. The van der Waals surface area contributed by atoms with Crippen molar-refractivity contribution in [1.82, 2.24) is 10.6 Å². The Morgan fingerprint density at radius 1 is 1.35 bits per heavy atom. The monoisotopic (exact) mass is 332 g/mol. The highest BCUT2D eigenvalue weighted by atomic mass is 19.4. The number of carbonyl (C=O) groups is 2. The molecule has 2 amide bonds. The Balaban J connectivity index is 2.61. The molecule has 3 unspecified atom stereocenters. The molecule has 1 fully saturated rings. The van der Waals surface area contributed by atoms with E-state index in [1.54, 1.807) is 6.07 Å². The molecular formula is C14H15F3N2O4. The molecule has 126 valence electrons. The van der Waals surface area contributed by atoms with Crippen molar-refractivity contribution in [3.8, 4) is 5.75 Å². The van der Waals surface area contributed by atoms with Crippen molar-refractivity contribution in [1.29, 1.82) is 0 Å². The second-order valence-corrected chi connectivity index (χ2v) is 5.17. The Bertz CT molecular complexity index is 635. The fourth-order valence-corrected chi connectivity index (χ4v) is 2.71. The summed E-state index contributed by atoms with van der Waals surface area (Å²) in [5.74, 6) is -2.72. The molecule has 1 saturated heterocycles. The van der Waals surface area contributed by atoms with E-state index in [-0.39, 0.29) is 11.3 Å². The van der Waals surface area contributed by atoms with Gasteiger partial charge in [-0.15, -0.1) is 0 Å². The molecule has 1 aromatic carbocycles. The highest BCUT2D eigenvalue weighted by Gasteiger charge is 2.65. The summed E-state index contributed by atoms with van der Waals surface area (Å²) in [6.45, 7) is 0.920. The van der Waals surface area contributed by atoms with Crippen molar-refractivity contribution in [2.24, 2.45) is 5.92 Å². The van der Waals surface area contributed by atoms with Crippen LogP contribution in [0, 0.1) is 5.92 Å². The van der Waals surface area contributed by atoms with Gasteiger partial charge < -0.3 is 20.5 Å². The largest absolute Gasteiger partial charge is 0.496 e. The summed E-state index contributed by atoms with van der Waals surface area (Å²) in [5.41, 5.74) is -3.51. The summed E-state index contributed by atoms with van der Waals surface area (Å²) in [5, 5.41) is 13.7. The minimum Gasteiger partial charge on any atom is -0.496 e. The highest BCUT2D eigenvalue weighted by Crippen LogP contribution is 2.44. The smallest absolute Gasteiger partial charge is 0.437 e. The first-order valence-corrected chi connectivity index (χ1v) is 6.63. The van der Waals surface area contributed by atoms with Gasteiger partial charge in [0, 0.05) is 5.56 Å². The first kappa shape index (κ1) is 17.1. The lowest BCUT2D eigenvalue weighted by atomic mass is 9.79. The number of halogens is 3. The molecule has 23 heavy (non-hydrogen) atoms. The van der Waals surface area contributed by atoms with Crippen LogP contribution in [0.5, 0.6) is 5.75 Å². The number of carbonyl (C=O) groups excluding carboxylic acids is 2. The zero-order chi connectivity index (χ0) is 17.4. The van der Waals surface area contributed by atoms with Gasteiger partial charge in [-0.1, -0.05) is 18.2 Å². The Morgan fingerprint density at radius 3 is 2.48 bits per heavy atom. The van der Waals surface area contributed by atoms with Crippen LogP contribution < -0.4 is 15.4 Å². The number of urea groups is 1. The van der Waals surface area contributed by atoms with E-state index in [1.807, 2.05) is 0 Å². The molecule has 0 spiro atoms. The molecule has 0 aromatic heterocycles. The number of ether oxygens (including phenoxy) is 1. The highest BCUT2D eigenvalue weighted by molar-refractivity contribution is 5.86. The van der Waals surface area contributed by atoms with Gasteiger partial charge in [-0.05, 0) is 13.0 Å². The quantitative estimate of drug-likeness (QED) is 0.783. The summed E-state index contributed by atoms with van der Waals surface area (Å²) in [6.07, 6.45) is -5.23. The van der Waals surface area contributed by atoms with Crippen molar-refractivity contribution < 1.29 is 32.6 Å². The zero-order valence-electron chi connectivity index (χ0n) is 12.3. The zero-order valence-corrected chi connectivity index (χ0v) is 12.3. The number of para-hydroxylation sites is 1. The third-order valence-electron chi connectivity index (χ3n) is 3.72. The van der Waals surface area contributed by atoms with E-state index in [9.17, 15) is 27.9 Å². The van der Waals surface area contributed by atoms with Crippen LogP contribution >= 0.6 is 0 Å². The number of Topliss-reactive ketones (excluding diaryl/α,β-unsaturated/α-hetero) is 1. The van der Waals surface area contributed by atoms with Crippen LogP contribution in [0.1, 0.15) is 18.5 Å². The Hall–Kier alpha value is -2.29. The van der Waals surface area contributed by atoms with Gasteiger partial charge in [0.25, 0.3) is 0 Å².